The molecule has 4 amide bonds. The summed E-state index contributed by atoms with van der Waals surface area (Å²) < 4.78 is 0. The first kappa shape index (κ1) is 20.5. The lowest BCUT2D eigenvalue weighted by Crippen LogP contribution is -2.47. The maximum absolute atomic E-state index is 13.4. The van der Waals surface area contributed by atoms with Gasteiger partial charge in [0.05, 0.1) is 6.04 Å². The van der Waals surface area contributed by atoms with Crippen LogP contribution in [0.3, 0.4) is 0 Å². The molecule has 162 valence electrons. The largest absolute Gasteiger partial charge is 0.343 e. The van der Waals surface area contributed by atoms with Crippen molar-refractivity contribution >= 4 is 29.2 Å². The Bertz CT molecular complexity index is 1160. The highest BCUT2D eigenvalue weighted by atomic mass is 32.1. The van der Waals surface area contributed by atoms with Crippen LogP contribution < -0.4 is 10.6 Å². The van der Waals surface area contributed by atoms with Gasteiger partial charge in [-0.15, -0.1) is 11.3 Å². The molecule has 0 radical (unpaired) electrons. The van der Waals surface area contributed by atoms with Crippen LogP contribution in [0.15, 0.2) is 72.1 Å². The van der Waals surface area contributed by atoms with E-state index in [0.717, 1.165) is 39.3 Å². The second-order valence-corrected chi connectivity index (χ2v) is 9.14. The minimum Gasteiger partial charge on any atom is -0.343 e. The Labute approximate surface area is 190 Å². The standard InChI is InChI=1S/C25H23N3O3S/c29-21(26-22(20-13-7-15-32-20)18-9-2-1-3-10-18)16-28-23(30)25(27-24(28)31)14-6-11-17-8-4-5-12-19(17)25/h1-5,7-10,12-13,15,22H,6,11,14,16H2,(H,26,29)(H,27,31)/t22-,25-/m1/s1. The molecule has 0 bridgehead atoms. The number of carbonyl (C=O) groups excluding carboxylic acids is 3. The summed E-state index contributed by atoms with van der Waals surface area (Å²) in [4.78, 5) is 41.3. The fraction of sp³-hybridized carbons (Fsp3) is 0.240. The third-order valence-corrected chi connectivity index (χ3v) is 7.16. The number of fused-ring (bicyclic) bond motifs is 2. The van der Waals surface area contributed by atoms with Crippen molar-refractivity contribution in [2.75, 3.05) is 6.54 Å². The summed E-state index contributed by atoms with van der Waals surface area (Å²) in [5.74, 6) is -0.728. The van der Waals surface area contributed by atoms with Crippen LogP contribution in [0.2, 0.25) is 0 Å². The van der Waals surface area contributed by atoms with Gasteiger partial charge in [0.25, 0.3) is 5.91 Å². The molecule has 1 spiro atoms. The summed E-state index contributed by atoms with van der Waals surface area (Å²) in [5.41, 5.74) is 1.78. The average Bonchev–Trinajstić information content (AvgIpc) is 3.42. The highest BCUT2D eigenvalue weighted by Gasteiger charge is 2.54. The molecule has 0 saturated carbocycles. The molecule has 1 aliphatic carbocycles. The van der Waals surface area contributed by atoms with Gasteiger partial charge >= 0.3 is 6.03 Å². The van der Waals surface area contributed by atoms with Crippen LogP contribution in [-0.2, 0) is 21.5 Å². The monoisotopic (exact) mass is 445 g/mol. The van der Waals surface area contributed by atoms with Crippen LogP contribution in [0.25, 0.3) is 0 Å². The molecule has 1 aromatic heterocycles. The van der Waals surface area contributed by atoms with E-state index in [4.69, 9.17) is 0 Å². The van der Waals surface area contributed by atoms with E-state index in [1.807, 2.05) is 72.1 Å². The van der Waals surface area contributed by atoms with Gasteiger partial charge in [-0.3, -0.25) is 14.5 Å². The summed E-state index contributed by atoms with van der Waals surface area (Å²) in [6.45, 7) is -0.316. The average molecular weight is 446 g/mol. The van der Waals surface area contributed by atoms with E-state index in [9.17, 15) is 14.4 Å². The molecule has 0 unspecified atom stereocenters. The predicted molar refractivity (Wildman–Crippen MR) is 122 cm³/mol. The number of nitrogens with zero attached hydrogens (tertiary/aromatic N) is 1. The SMILES string of the molecule is O=C(CN1C(=O)N[C@@]2(CCCc3ccccc32)C1=O)N[C@H](c1ccccc1)c1cccs1. The van der Waals surface area contributed by atoms with Gasteiger partial charge < -0.3 is 10.6 Å². The summed E-state index contributed by atoms with van der Waals surface area (Å²) in [7, 11) is 0. The highest BCUT2D eigenvalue weighted by molar-refractivity contribution is 7.10. The second kappa shape index (κ2) is 8.24. The molecule has 6 nitrogen and oxygen atoms in total. The number of nitrogens with one attached hydrogen (secondary N) is 2. The van der Waals surface area contributed by atoms with Crippen molar-refractivity contribution in [3.8, 4) is 0 Å². The van der Waals surface area contributed by atoms with E-state index in [2.05, 4.69) is 10.6 Å². The minimum atomic E-state index is -1.07. The second-order valence-electron chi connectivity index (χ2n) is 8.16. The first-order valence-electron chi connectivity index (χ1n) is 10.7. The summed E-state index contributed by atoms with van der Waals surface area (Å²) in [6.07, 6.45) is 2.22. The molecule has 3 aromatic rings. The molecule has 2 atom stereocenters. The van der Waals surface area contributed by atoms with Crippen molar-refractivity contribution in [1.82, 2.24) is 15.5 Å². The van der Waals surface area contributed by atoms with Gasteiger partial charge in [-0.1, -0.05) is 60.7 Å². The van der Waals surface area contributed by atoms with Crippen LogP contribution in [-0.4, -0.2) is 29.3 Å². The van der Waals surface area contributed by atoms with Crippen molar-refractivity contribution in [3.63, 3.8) is 0 Å². The number of aryl methyl sites for hydroxylation is 1. The van der Waals surface area contributed by atoms with Crippen LogP contribution in [0, 0.1) is 0 Å². The van der Waals surface area contributed by atoms with Gasteiger partial charge in [-0.2, -0.15) is 0 Å². The van der Waals surface area contributed by atoms with Crippen LogP contribution in [0.5, 0.6) is 0 Å². The quantitative estimate of drug-likeness (QED) is 0.588. The lowest BCUT2D eigenvalue weighted by molar-refractivity contribution is -0.135. The van der Waals surface area contributed by atoms with Crippen LogP contribution in [0.4, 0.5) is 4.79 Å². The summed E-state index contributed by atoms with van der Waals surface area (Å²) in [6, 6.07) is 20.4. The topological polar surface area (TPSA) is 78.5 Å². The molecule has 32 heavy (non-hydrogen) atoms. The van der Waals surface area contributed by atoms with Gasteiger partial charge in [-0.25, -0.2) is 4.79 Å². The molecule has 1 fully saturated rings. The molecular formula is C25H23N3O3S. The lowest BCUT2D eigenvalue weighted by Gasteiger charge is -2.33. The third-order valence-electron chi connectivity index (χ3n) is 6.22. The first-order valence-corrected chi connectivity index (χ1v) is 11.6. The molecule has 5 rings (SSSR count). The zero-order valence-electron chi connectivity index (χ0n) is 17.4. The van der Waals surface area contributed by atoms with Gasteiger partial charge in [0.2, 0.25) is 5.91 Å². The Morgan fingerprint density at radius 2 is 1.84 bits per heavy atom. The molecule has 7 heteroatoms. The third kappa shape index (κ3) is 3.48. The number of thiophene rings is 1. The number of rotatable bonds is 5. The van der Waals surface area contributed by atoms with E-state index >= 15 is 0 Å². The van der Waals surface area contributed by atoms with E-state index in [1.54, 1.807) is 11.3 Å². The molecule has 2 aromatic carbocycles. The van der Waals surface area contributed by atoms with E-state index in [-0.39, 0.29) is 24.4 Å². The Morgan fingerprint density at radius 3 is 2.62 bits per heavy atom. The number of hydrogen-bond donors (Lipinski definition) is 2. The predicted octanol–water partition coefficient (Wildman–Crippen LogP) is 3.74. The summed E-state index contributed by atoms with van der Waals surface area (Å²) >= 11 is 1.55. The Balaban J connectivity index is 1.37. The maximum atomic E-state index is 13.4. The molecule has 2 aliphatic rings. The number of urea groups is 1. The van der Waals surface area contributed by atoms with Gasteiger partial charge in [0.15, 0.2) is 0 Å². The number of amides is 4. The highest BCUT2D eigenvalue weighted by Crippen LogP contribution is 2.39. The van der Waals surface area contributed by atoms with Crippen LogP contribution in [0.1, 0.15) is 40.5 Å². The Kier molecular flexibility index (Phi) is 5.27. The normalized spacial score (nSPS) is 20.7. The van der Waals surface area contributed by atoms with E-state index in [1.165, 1.54) is 0 Å². The minimum absolute atomic E-state index is 0.316. The zero-order chi connectivity index (χ0) is 22.1. The smallest absolute Gasteiger partial charge is 0.325 e. The Morgan fingerprint density at radius 1 is 1.06 bits per heavy atom. The number of hydrogen-bond acceptors (Lipinski definition) is 4. The number of carbonyl (C=O) groups is 3. The van der Waals surface area contributed by atoms with Crippen molar-refractivity contribution in [1.29, 1.82) is 0 Å². The van der Waals surface area contributed by atoms with Crippen molar-refractivity contribution in [3.05, 3.63) is 93.7 Å². The van der Waals surface area contributed by atoms with Gasteiger partial charge in [-0.05, 0) is 47.4 Å². The van der Waals surface area contributed by atoms with Crippen molar-refractivity contribution in [2.24, 2.45) is 0 Å². The van der Waals surface area contributed by atoms with Crippen LogP contribution >= 0.6 is 11.3 Å². The first-order chi connectivity index (χ1) is 15.6. The molecule has 1 saturated heterocycles. The molecule has 2 heterocycles. The molecule has 1 aliphatic heterocycles. The van der Waals surface area contributed by atoms with E-state index < -0.39 is 11.6 Å². The van der Waals surface area contributed by atoms with E-state index in [0.29, 0.717) is 6.42 Å². The lowest BCUT2D eigenvalue weighted by atomic mass is 9.76. The fourth-order valence-corrected chi connectivity index (χ4v) is 5.53. The fourth-order valence-electron chi connectivity index (χ4n) is 4.72. The van der Waals surface area contributed by atoms with Crippen molar-refractivity contribution in [2.45, 2.75) is 30.8 Å². The summed E-state index contributed by atoms with van der Waals surface area (Å²) in [5, 5.41) is 7.87. The van der Waals surface area contributed by atoms with Gasteiger partial charge in [0.1, 0.15) is 12.1 Å². The molecular weight excluding hydrogens is 422 g/mol. The zero-order valence-corrected chi connectivity index (χ0v) is 18.2. The Hall–Kier alpha value is -3.45. The molecule has 2 N–H and O–H groups in total. The van der Waals surface area contributed by atoms with Gasteiger partial charge in [0, 0.05) is 4.88 Å². The van der Waals surface area contributed by atoms with Crippen molar-refractivity contribution < 1.29 is 14.4 Å². The number of benzene rings is 2. The maximum Gasteiger partial charge on any atom is 0.325 e. The number of imide groups is 1.